The molecule has 3 nitrogen and oxygen atoms in total. The second-order valence-electron chi connectivity index (χ2n) is 4.60. The molecule has 0 heterocycles. The van der Waals surface area contributed by atoms with Gasteiger partial charge in [0.15, 0.2) is 0 Å². The average Bonchev–Trinajstić information content (AvgIpc) is 2.81. The van der Waals surface area contributed by atoms with Crippen LogP contribution in [0.15, 0.2) is 0 Å². The van der Waals surface area contributed by atoms with Crippen LogP contribution >= 0.6 is 0 Å². The van der Waals surface area contributed by atoms with Crippen LogP contribution in [-0.2, 0) is 4.79 Å². The van der Waals surface area contributed by atoms with Crippen LogP contribution in [0.3, 0.4) is 0 Å². The van der Waals surface area contributed by atoms with Crippen LogP contribution in [0, 0.1) is 11.3 Å². The lowest BCUT2D eigenvalue weighted by molar-refractivity contribution is -0.146. The number of carbonyl (C=O) groups is 1. The van der Waals surface area contributed by atoms with Crippen molar-refractivity contribution in [2.24, 2.45) is 11.3 Å². The maximum Gasteiger partial charge on any atom is 0.310 e. The Labute approximate surface area is 79.5 Å². The molecule has 0 aliphatic heterocycles. The van der Waals surface area contributed by atoms with Gasteiger partial charge in [0.05, 0.1) is 5.41 Å². The first kappa shape index (κ1) is 10.5. The highest BCUT2D eigenvalue weighted by molar-refractivity contribution is 5.73. The molecule has 0 atom stereocenters. The van der Waals surface area contributed by atoms with E-state index in [0.717, 1.165) is 12.5 Å². The number of aliphatic carboxylic acids is 1. The highest BCUT2D eigenvalue weighted by Crippen LogP contribution is 2.31. The molecule has 1 fully saturated rings. The van der Waals surface area contributed by atoms with Gasteiger partial charge in [-0.3, -0.25) is 4.79 Å². The predicted octanol–water partition coefficient (Wildman–Crippen LogP) is 1.49. The van der Waals surface area contributed by atoms with E-state index in [2.05, 4.69) is 5.32 Å². The fourth-order valence-corrected chi connectivity index (χ4v) is 1.19. The van der Waals surface area contributed by atoms with Crippen molar-refractivity contribution < 1.29 is 9.90 Å². The van der Waals surface area contributed by atoms with Crippen molar-refractivity contribution in [1.82, 2.24) is 5.32 Å². The standard InChI is InChI=1S/C10H19NO2/c1-10(2,9(12)13)7-11-6-5-8-3-4-8/h8,11H,3-7H2,1-2H3,(H,12,13). The van der Waals surface area contributed by atoms with Gasteiger partial charge in [0.1, 0.15) is 0 Å². The molecule has 1 rings (SSSR count). The Morgan fingerprint density at radius 1 is 1.54 bits per heavy atom. The molecule has 1 aliphatic rings. The van der Waals surface area contributed by atoms with Gasteiger partial charge in [-0.05, 0) is 32.7 Å². The summed E-state index contributed by atoms with van der Waals surface area (Å²) in [5, 5.41) is 12.0. The van der Waals surface area contributed by atoms with Crippen LogP contribution in [0.2, 0.25) is 0 Å². The van der Waals surface area contributed by atoms with Crippen molar-refractivity contribution in [2.75, 3.05) is 13.1 Å². The van der Waals surface area contributed by atoms with Crippen molar-refractivity contribution >= 4 is 5.97 Å². The predicted molar refractivity (Wildman–Crippen MR) is 51.6 cm³/mol. The summed E-state index contributed by atoms with van der Waals surface area (Å²) in [5.74, 6) is 0.187. The van der Waals surface area contributed by atoms with Crippen molar-refractivity contribution in [3.63, 3.8) is 0 Å². The minimum absolute atomic E-state index is 0.565. The minimum atomic E-state index is -0.730. The van der Waals surface area contributed by atoms with Gasteiger partial charge in [0.25, 0.3) is 0 Å². The van der Waals surface area contributed by atoms with E-state index in [1.54, 1.807) is 13.8 Å². The SMILES string of the molecule is CC(C)(CNCCC1CC1)C(=O)O. The van der Waals surface area contributed by atoms with Crippen LogP contribution in [0.25, 0.3) is 0 Å². The van der Waals surface area contributed by atoms with Crippen LogP contribution < -0.4 is 5.32 Å². The molecule has 0 spiro atoms. The summed E-state index contributed by atoms with van der Waals surface area (Å²) in [6.45, 7) is 5.02. The van der Waals surface area contributed by atoms with Gasteiger partial charge in [-0.15, -0.1) is 0 Å². The molecule has 2 N–H and O–H groups in total. The van der Waals surface area contributed by atoms with Gasteiger partial charge in [-0.25, -0.2) is 0 Å². The molecule has 1 saturated carbocycles. The Kier molecular flexibility index (Phi) is 3.31. The van der Waals surface area contributed by atoms with E-state index < -0.39 is 11.4 Å². The van der Waals surface area contributed by atoms with Gasteiger partial charge >= 0.3 is 5.97 Å². The fourth-order valence-electron chi connectivity index (χ4n) is 1.19. The van der Waals surface area contributed by atoms with E-state index in [0.29, 0.717) is 6.54 Å². The lowest BCUT2D eigenvalue weighted by atomic mass is 9.94. The maximum absolute atomic E-state index is 10.7. The smallest absolute Gasteiger partial charge is 0.310 e. The molecule has 1 aliphatic carbocycles. The summed E-state index contributed by atoms with van der Waals surface area (Å²) in [6.07, 6.45) is 3.93. The van der Waals surface area contributed by atoms with E-state index in [-0.39, 0.29) is 0 Å². The zero-order valence-electron chi connectivity index (χ0n) is 8.47. The summed E-state index contributed by atoms with van der Waals surface area (Å²) >= 11 is 0. The highest BCUT2D eigenvalue weighted by Gasteiger charge is 2.26. The molecule has 0 radical (unpaired) electrons. The maximum atomic E-state index is 10.7. The van der Waals surface area contributed by atoms with Crippen molar-refractivity contribution in [3.05, 3.63) is 0 Å². The summed E-state index contributed by atoms with van der Waals surface area (Å²) in [4.78, 5) is 10.7. The Morgan fingerprint density at radius 3 is 2.62 bits per heavy atom. The van der Waals surface area contributed by atoms with E-state index in [1.165, 1.54) is 19.3 Å². The third-order valence-corrected chi connectivity index (χ3v) is 2.57. The molecule has 0 unspecified atom stereocenters. The number of rotatable bonds is 6. The lowest BCUT2D eigenvalue weighted by Crippen LogP contribution is -2.36. The first-order valence-electron chi connectivity index (χ1n) is 4.96. The van der Waals surface area contributed by atoms with Crippen molar-refractivity contribution in [1.29, 1.82) is 0 Å². The third kappa shape index (κ3) is 3.77. The number of hydrogen-bond donors (Lipinski definition) is 2. The first-order chi connectivity index (χ1) is 6.02. The number of carboxylic acids is 1. The van der Waals surface area contributed by atoms with Gasteiger partial charge in [0, 0.05) is 6.54 Å². The molecule has 0 amide bonds. The highest BCUT2D eigenvalue weighted by atomic mass is 16.4. The van der Waals surface area contributed by atoms with Gasteiger partial charge < -0.3 is 10.4 Å². The molecule has 13 heavy (non-hydrogen) atoms. The Bertz CT molecular complexity index is 185. The second-order valence-corrected chi connectivity index (χ2v) is 4.60. The molecule has 0 aromatic rings. The third-order valence-electron chi connectivity index (χ3n) is 2.57. The fraction of sp³-hybridized carbons (Fsp3) is 0.900. The number of hydrogen-bond acceptors (Lipinski definition) is 2. The zero-order valence-corrected chi connectivity index (χ0v) is 8.47. The van der Waals surface area contributed by atoms with Crippen LogP contribution in [-0.4, -0.2) is 24.2 Å². The van der Waals surface area contributed by atoms with Crippen LogP contribution in [0.1, 0.15) is 33.1 Å². The summed E-state index contributed by atoms with van der Waals surface area (Å²) in [5.41, 5.74) is -0.635. The molecule has 76 valence electrons. The molecule has 0 aromatic carbocycles. The van der Waals surface area contributed by atoms with Crippen molar-refractivity contribution in [2.45, 2.75) is 33.1 Å². The Hall–Kier alpha value is -0.570. The normalized spacial score (nSPS) is 17.4. The van der Waals surface area contributed by atoms with Gasteiger partial charge in [-0.1, -0.05) is 12.8 Å². The second kappa shape index (κ2) is 4.09. The largest absolute Gasteiger partial charge is 0.481 e. The van der Waals surface area contributed by atoms with Gasteiger partial charge in [0.2, 0.25) is 0 Å². The molecular formula is C10H19NO2. The monoisotopic (exact) mass is 185 g/mol. The van der Waals surface area contributed by atoms with Crippen molar-refractivity contribution in [3.8, 4) is 0 Å². The molecular weight excluding hydrogens is 166 g/mol. The summed E-state index contributed by atoms with van der Waals surface area (Å²) in [6, 6.07) is 0. The lowest BCUT2D eigenvalue weighted by Gasteiger charge is -2.19. The molecule has 0 saturated heterocycles. The Balaban J connectivity index is 2.05. The van der Waals surface area contributed by atoms with Gasteiger partial charge in [-0.2, -0.15) is 0 Å². The van der Waals surface area contributed by atoms with E-state index in [9.17, 15) is 4.79 Å². The molecule has 3 heteroatoms. The van der Waals surface area contributed by atoms with E-state index >= 15 is 0 Å². The number of nitrogens with one attached hydrogen (secondary N) is 1. The summed E-state index contributed by atoms with van der Waals surface area (Å²) < 4.78 is 0. The summed E-state index contributed by atoms with van der Waals surface area (Å²) in [7, 11) is 0. The molecule has 0 bridgehead atoms. The zero-order chi connectivity index (χ0) is 9.90. The Morgan fingerprint density at radius 2 is 2.15 bits per heavy atom. The molecule has 0 aromatic heterocycles. The minimum Gasteiger partial charge on any atom is -0.481 e. The van der Waals surface area contributed by atoms with E-state index in [1.807, 2.05) is 0 Å². The van der Waals surface area contributed by atoms with E-state index in [4.69, 9.17) is 5.11 Å². The number of carboxylic acid groups (broad SMARTS) is 1. The van der Waals surface area contributed by atoms with Crippen LogP contribution in [0.5, 0.6) is 0 Å². The first-order valence-corrected chi connectivity index (χ1v) is 4.96. The average molecular weight is 185 g/mol. The van der Waals surface area contributed by atoms with Crippen LogP contribution in [0.4, 0.5) is 0 Å². The quantitative estimate of drug-likeness (QED) is 0.616. The topological polar surface area (TPSA) is 49.3 Å².